The van der Waals surface area contributed by atoms with Gasteiger partial charge in [0, 0.05) is 12.6 Å². The van der Waals surface area contributed by atoms with Gasteiger partial charge in [-0.05, 0) is 62.6 Å². The van der Waals surface area contributed by atoms with Gasteiger partial charge in [-0.3, -0.25) is 13.9 Å². The van der Waals surface area contributed by atoms with Gasteiger partial charge in [0.2, 0.25) is 11.8 Å². The molecule has 0 radical (unpaired) electrons. The van der Waals surface area contributed by atoms with Crippen molar-refractivity contribution in [3.05, 3.63) is 95.8 Å². The molecule has 0 unspecified atom stereocenters. The number of amides is 2. The molecule has 2 amide bonds. The Hall–Kier alpha value is -3.72. The number of carbonyl (C=O) groups excluding carboxylic acids is 2. The van der Waals surface area contributed by atoms with Gasteiger partial charge in [-0.15, -0.1) is 0 Å². The van der Waals surface area contributed by atoms with Crippen molar-refractivity contribution in [1.82, 2.24) is 10.2 Å². The van der Waals surface area contributed by atoms with Crippen molar-refractivity contribution in [2.24, 2.45) is 0 Å². The highest BCUT2D eigenvalue weighted by Gasteiger charge is 2.33. The van der Waals surface area contributed by atoms with Gasteiger partial charge in [0.1, 0.15) is 18.4 Å². The molecule has 7 nitrogen and oxygen atoms in total. The number of carbonyl (C=O) groups is 2. The molecule has 0 aliphatic heterocycles. The lowest BCUT2D eigenvalue weighted by molar-refractivity contribution is -0.139. The molecule has 0 bridgehead atoms. The molecule has 38 heavy (non-hydrogen) atoms. The van der Waals surface area contributed by atoms with E-state index in [9.17, 15) is 22.4 Å². The fourth-order valence-electron chi connectivity index (χ4n) is 3.91. The minimum atomic E-state index is -4.31. The number of aryl methyl sites for hydroxylation is 1. The van der Waals surface area contributed by atoms with E-state index in [-0.39, 0.29) is 29.1 Å². The Bertz CT molecular complexity index is 1370. The fourth-order valence-corrected chi connectivity index (χ4v) is 5.35. The lowest BCUT2D eigenvalue weighted by atomic mass is 10.1. The van der Waals surface area contributed by atoms with Crippen LogP contribution in [-0.2, 0) is 26.2 Å². The Morgan fingerprint density at radius 3 is 2.16 bits per heavy atom. The highest BCUT2D eigenvalue weighted by molar-refractivity contribution is 7.92. The zero-order valence-corrected chi connectivity index (χ0v) is 22.9. The molecule has 2 atom stereocenters. The number of hydrogen-bond donors (Lipinski definition) is 1. The lowest BCUT2D eigenvalue weighted by Gasteiger charge is -2.32. The fraction of sp³-hybridized carbons (Fsp3) is 0.310. The smallest absolute Gasteiger partial charge is 0.264 e. The third kappa shape index (κ3) is 6.77. The number of para-hydroxylation sites is 1. The Labute approximate surface area is 224 Å². The van der Waals surface area contributed by atoms with E-state index in [2.05, 4.69) is 5.32 Å². The number of anilines is 1. The molecular formula is C29H34FN3O4S. The molecule has 3 aromatic carbocycles. The zero-order chi connectivity index (χ0) is 27.9. The quantitative estimate of drug-likeness (QED) is 0.384. The van der Waals surface area contributed by atoms with Crippen LogP contribution in [0.1, 0.15) is 38.3 Å². The minimum absolute atomic E-state index is 0.0796. The summed E-state index contributed by atoms with van der Waals surface area (Å²) in [4.78, 5) is 28.2. The van der Waals surface area contributed by atoms with Crippen LogP contribution in [0.15, 0.2) is 83.8 Å². The summed E-state index contributed by atoms with van der Waals surface area (Å²) in [5.41, 5.74) is 1.48. The van der Waals surface area contributed by atoms with Gasteiger partial charge in [0.15, 0.2) is 0 Å². The Morgan fingerprint density at radius 1 is 0.921 bits per heavy atom. The molecule has 0 aliphatic carbocycles. The number of sulfonamides is 1. The summed E-state index contributed by atoms with van der Waals surface area (Å²) in [6.07, 6.45) is 0.709. The van der Waals surface area contributed by atoms with Gasteiger partial charge >= 0.3 is 0 Å². The first-order chi connectivity index (χ1) is 18.1. The molecule has 0 saturated carbocycles. The Morgan fingerprint density at radius 2 is 1.53 bits per heavy atom. The molecule has 0 aliphatic rings. The maximum atomic E-state index is 14.9. The summed E-state index contributed by atoms with van der Waals surface area (Å²) in [5, 5.41) is 2.89. The Kier molecular flexibility index (Phi) is 9.63. The third-order valence-corrected chi connectivity index (χ3v) is 8.28. The van der Waals surface area contributed by atoms with Gasteiger partial charge < -0.3 is 10.2 Å². The van der Waals surface area contributed by atoms with Crippen LogP contribution in [0.2, 0.25) is 0 Å². The molecule has 0 spiro atoms. The first-order valence-corrected chi connectivity index (χ1v) is 14.0. The topological polar surface area (TPSA) is 86.8 Å². The second kappa shape index (κ2) is 12.7. The number of halogens is 1. The van der Waals surface area contributed by atoms with Crippen LogP contribution in [-0.4, -0.2) is 43.8 Å². The summed E-state index contributed by atoms with van der Waals surface area (Å²) < 4.78 is 43.0. The van der Waals surface area contributed by atoms with Crippen LogP contribution < -0.4 is 9.62 Å². The van der Waals surface area contributed by atoms with E-state index in [0.717, 1.165) is 21.5 Å². The number of nitrogens with one attached hydrogen (secondary N) is 1. The molecule has 0 fully saturated rings. The summed E-state index contributed by atoms with van der Waals surface area (Å²) in [7, 11) is -4.31. The van der Waals surface area contributed by atoms with Crippen molar-refractivity contribution in [2.75, 3.05) is 10.8 Å². The SMILES string of the molecule is CC[C@H](C)NC(=O)[C@H](C)N(Cc1ccccc1C)C(=O)CN(c1ccccc1F)S(=O)(=O)c1ccccc1. The number of benzene rings is 3. The van der Waals surface area contributed by atoms with Crippen LogP contribution in [0.5, 0.6) is 0 Å². The van der Waals surface area contributed by atoms with E-state index in [1.807, 2.05) is 45.0 Å². The molecule has 202 valence electrons. The zero-order valence-electron chi connectivity index (χ0n) is 22.1. The molecule has 3 rings (SSSR count). The molecule has 0 aromatic heterocycles. The molecule has 3 aromatic rings. The Balaban J connectivity index is 2.04. The summed E-state index contributed by atoms with van der Waals surface area (Å²) in [6, 6.07) is 19.4. The van der Waals surface area contributed by atoms with Crippen LogP contribution in [0.4, 0.5) is 10.1 Å². The van der Waals surface area contributed by atoms with Crippen LogP contribution >= 0.6 is 0 Å². The van der Waals surface area contributed by atoms with Crippen molar-refractivity contribution in [3.63, 3.8) is 0 Å². The largest absolute Gasteiger partial charge is 0.352 e. The average molecular weight is 540 g/mol. The van der Waals surface area contributed by atoms with E-state index in [1.165, 1.54) is 35.2 Å². The van der Waals surface area contributed by atoms with Gasteiger partial charge in [-0.25, -0.2) is 12.8 Å². The van der Waals surface area contributed by atoms with E-state index in [0.29, 0.717) is 6.42 Å². The van der Waals surface area contributed by atoms with Gasteiger partial charge in [0.05, 0.1) is 10.6 Å². The normalized spacial score (nSPS) is 12.9. The van der Waals surface area contributed by atoms with Crippen molar-refractivity contribution in [3.8, 4) is 0 Å². The average Bonchev–Trinajstić information content (AvgIpc) is 2.91. The standard InChI is InChI=1S/C29H34FN3O4S/c1-5-22(3)31-29(35)23(4)32(19-24-14-10-9-13-21(24)2)28(34)20-33(27-18-12-11-17-26(27)30)38(36,37)25-15-7-6-8-16-25/h6-18,22-23H,5,19-20H2,1-4H3,(H,31,35)/t22-,23-/m0/s1. The van der Waals surface area contributed by atoms with Crippen LogP contribution in [0.25, 0.3) is 0 Å². The number of nitrogens with zero attached hydrogens (tertiary/aromatic N) is 2. The first-order valence-electron chi connectivity index (χ1n) is 12.5. The van der Waals surface area contributed by atoms with Gasteiger partial charge in [-0.2, -0.15) is 0 Å². The number of rotatable bonds is 11. The summed E-state index contributed by atoms with van der Waals surface area (Å²) >= 11 is 0. The molecule has 1 N–H and O–H groups in total. The van der Waals surface area contributed by atoms with Crippen molar-refractivity contribution >= 4 is 27.5 Å². The van der Waals surface area contributed by atoms with Crippen molar-refractivity contribution < 1.29 is 22.4 Å². The highest BCUT2D eigenvalue weighted by atomic mass is 32.2. The summed E-state index contributed by atoms with van der Waals surface area (Å²) in [5.74, 6) is -1.78. The van der Waals surface area contributed by atoms with Crippen LogP contribution in [0.3, 0.4) is 0 Å². The molecule has 9 heteroatoms. The second-order valence-electron chi connectivity index (χ2n) is 9.22. The monoisotopic (exact) mass is 539 g/mol. The molecule has 0 heterocycles. The van der Waals surface area contributed by atoms with E-state index >= 15 is 0 Å². The maximum absolute atomic E-state index is 14.9. The third-order valence-electron chi connectivity index (χ3n) is 6.50. The van der Waals surface area contributed by atoms with Crippen molar-refractivity contribution in [1.29, 1.82) is 0 Å². The predicted octanol–water partition coefficient (Wildman–Crippen LogP) is 4.66. The first kappa shape index (κ1) is 28.8. The molecular weight excluding hydrogens is 505 g/mol. The van der Waals surface area contributed by atoms with Crippen molar-refractivity contribution in [2.45, 2.75) is 57.6 Å². The minimum Gasteiger partial charge on any atom is -0.352 e. The van der Waals surface area contributed by atoms with E-state index in [4.69, 9.17) is 0 Å². The predicted molar refractivity (Wildman–Crippen MR) is 146 cm³/mol. The van der Waals surface area contributed by atoms with Gasteiger partial charge in [0.25, 0.3) is 10.0 Å². The van der Waals surface area contributed by atoms with Gasteiger partial charge in [-0.1, -0.05) is 61.5 Å². The molecule has 0 saturated heterocycles. The van der Waals surface area contributed by atoms with E-state index in [1.54, 1.807) is 25.1 Å². The van der Waals surface area contributed by atoms with Crippen LogP contribution in [0, 0.1) is 12.7 Å². The second-order valence-corrected chi connectivity index (χ2v) is 11.1. The maximum Gasteiger partial charge on any atom is 0.264 e. The lowest BCUT2D eigenvalue weighted by Crippen LogP contribution is -2.52. The number of hydrogen-bond acceptors (Lipinski definition) is 4. The highest BCUT2D eigenvalue weighted by Crippen LogP contribution is 2.27. The van der Waals surface area contributed by atoms with E-state index < -0.39 is 34.3 Å². The summed E-state index contributed by atoms with van der Waals surface area (Å²) in [6.45, 7) is 6.69.